The van der Waals surface area contributed by atoms with Gasteiger partial charge in [0, 0.05) is 33.2 Å². The largest absolute Gasteiger partial charge is 0.309 e. The van der Waals surface area contributed by atoms with E-state index in [-0.39, 0.29) is 10.8 Å². The summed E-state index contributed by atoms with van der Waals surface area (Å²) in [7, 11) is 0. The third-order valence-corrected chi connectivity index (χ3v) is 13.3. The number of hydrogen-bond acceptors (Lipinski definition) is 1. The Morgan fingerprint density at radius 2 is 0.831 bits per heavy atom. The molecule has 0 unspecified atom stereocenters. The maximum atomic E-state index is 2.47. The first kappa shape index (κ1) is 35.2. The Balaban J connectivity index is 1.06. The molecule has 0 amide bonds. The van der Waals surface area contributed by atoms with Gasteiger partial charge >= 0.3 is 0 Å². The van der Waals surface area contributed by atoms with Crippen molar-refractivity contribution in [1.82, 2.24) is 0 Å². The molecule has 0 aliphatic heterocycles. The molecule has 1 heteroatoms. The van der Waals surface area contributed by atoms with E-state index in [0.717, 1.165) is 11.4 Å². The molecule has 1 nitrogen and oxygen atoms in total. The van der Waals surface area contributed by atoms with Crippen molar-refractivity contribution in [1.29, 1.82) is 0 Å². The average molecular weight is 756 g/mol. The summed E-state index contributed by atoms with van der Waals surface area (Å²) in [6.45, 7) is 9.45. The fraction of sp³-hybridized carbons (Fsp3) is 0.103. The van der Waals surface area contributed by atoms with Crippen LogP contribution in [0.3, 0.4) is 0 Å². The maximum absolute atomic E-state index is 2.47. The molecule has 59 heavy (non-hydrogen) atoms. The third-order valence-electron chi connectivity index (χ3n) is 13.3. The van der Waals surface area contributed by atoms with E-state index in [9.17, 15) is 0 Å². The van der Waals surface area contributed by atoms with Crippen molar-refractivity contribution in [2.24, 2.45) is 0 Å². The lowest BCUT2D eigenvalue weighted by Gasteiger charge is -2.30. The van der Waals surface area contributed by atoms with Crippen LogP contribution < -0.4 is 4.90 Å². The topological polar surface area (TPSA) is 3.24 Å². The normalized spacial score (nSPS) is 14.0. The van der Waals surface area contributed by atoms with Crippen LogP contribution in [0, 0.1) is 0 Å². The SMILES string of the molecule is CC1(C)c2ccccc2-c2ccc(-c3ccc(N(c4ccc(-c5cccc6c5C(C)(C)c5ccccc5-6)cc4)c4c(-c5ccccc5)ccc5ccccc45)cc3)cc21. The van der Waals surface area contributed by atoms with Crippen LogP contribution in [-0.2, 0) is 10.8 Å². The molecule has 0 heterocycles. The van der Waals surface area contributed by atoms with Crippen LogP contribution in [-0.4, -0.2) is 0 Å². The zero-order chi connectivity index (χ0) is 39.9. The summed E-state index contributed by atoms with van der Waals surface area (Å²) < 4.78 is 0. The molecule has 0 N–H and O–H groups in total. The van der Waals surface area contributed by atoms with E-state index in [1.165, 1.54) is 94.3 Å². The first-order chi connectivity index (χ1) is 28.8. The zero-order valence-corrected chi connectivity index (χ0v) is 34.0. The number of anilines is 3. The molecule has 0 fully saturated rings. The van der Waals surface area contributed by atoms with Gasteiger partial charge in [-0.1, -0.05) is 198 Å². The van der Waals surface area contributed by atoms with Gasteiger partial charge in [-0.2, -0.15) is 0 Å². The highest BCUT2D eigenvalue weighted by molar-refractivity contribution is 6.06. The first-order valence-corrected chi connectivity index (χ1v) is 20.8. The Morgan fingerprint density at radius 1 is 0.322 bits per heavy atom. The molecule has 9 aromatic rings. The summed E-state index contributed by atoms with van der Waals surface area (Å²) in [6.07, 6.45) is 0. The van der Waals surface area contributed by atoms with Gasteiger partial charge in [0.05, 0.1) is 5.69 Å². The molecule has 0 bridgehead atoms. The molecule has 0 saturated carbocycles. The second kappa shape index (κ2) is 13.3. The average Bonchev–Trinajstić information content (AvgIpc) is 3.66. The van der Waals surface area contributed by atoms with Crippen LogP contribution in [0.4, 0.5) is 17.1 Å². The van der Waals surface area contributed by atoms with Crippen molar-refractivity contribution < 1.29 is 0 Å². The van der Waals surface area contributed by atoms with Crippen LogP contribution in [0.5, 0.6) is 0 Å². The smallest absolute Gasteiger partial charge is 0.0618 e. The van der Waals surface area contributed by atoms with E-state index >= 15 is 0 Å². The molecule has 282 valence electrons. The zero-order valence-electron chi connectivity index (χ0n) is 34.0. The van der Waals surface area contributed by atoms with Gasteiger partial charge in [0.15, 0.2) is 0 Å². The lowest BCUT2D eigenvalue weighted by atomic mass is 9.79. The van der Waals surface area contributed by atoms with Crippen LogP contribution in [0.1, 0.15) is 49.9 Å². The monoisotopic (exact) mass is 755 g/mol. The molecular weight excluding hydrogens is 711 g/mol. The van der Waals surface area contributed by atoms with Gasteiger partial charge in [0.2, 0.25) is 0 Å². The second-order valence-corrected chi connectivity index (χ2v) is 17.3. The summed E-state index contributed by atoms with van der Waals surface area (Å²) in [6, 6.07) is 74.2. The number of nitrogens with zero attached hydrogens (tertiary/aromatic N) is 1. The van der Waals surface area contributed by atoms with Crippen LogP contribution in [0.2, 0.25) is 0 Å². The van der Waals surface area contributed by atoms with Crippen LogP contribution in [0.15, 0.2) is 200 Å². The van der Waals surface area contributed by atoms with E-state index in [0.29, 0.717) is 0 Å². The molecule has 0 atom stereocenters. The third kappa shape index (κ3) is 5.45. The van der Waals surface area contributed by atoms with E-state index in [1.807, 2.05) is 0 Å². The van der Waals surface area contributed by atoms with E-state index in [2.05, 4.69) is 233 Å². The van der Waals surface area contributed by atoms with Gasteiger partial charge in [0.1, 0.15) is 0 Å². The van der Waals surface area contributed by atoms with Gasteiger partial charge in [0.25, 0.3) is 0 Å². The minimum atomic E-state index is -0.0962. The van der Waals surface area contributed by atoms with E-state index < -0.39 is 0 Å². The predicted octanol–water partition coefficient (Wildman–Crippen LogP) is 15.9. The minimum absolute atomic E-state index is 0.0490. The number of benzene rings is 9. The molecule has 0 spiro atoms. The summed E-state index contributed by atoms with van der Waals surface area (Å²) >= 11 is 0. The molecule has 0 saturated heterocycles. The fourth-order valence-electron chi connectivity index (χ4n) is 10.3. The summed E-state index contributed by atoms with van der Waals surface area (Å²) in [5.41, 5.74) is 21.6. The Labute approximate surface area is 347 Å². The van der Waals surface area contributed by atoms with Gasteiger partial charge in [-0.05, 0) is 108 Å². The second-order valence-electron chi connectivity index (χ2n) is 17.3. The van der Waals surface area contributed by atoms with Gasteiger partial charge in [-0.15, -0.1) is 0 Å². The van der Waals surface area contributed by atoms with Gasteiger partial charge in [-0.3, -0.25) is 0 Å². The molecule has 2 aliphatic carbocycles. The Morgan fingerprint density at radius 3 is 1.56 bits per heavy atom. The number of fused-ring (bicyclic) bond motifs is 7. The van der Waals surface area contributed by atoms with Crippen molar-refractivity contribution in [2.45, 2.75) is 38.5 Å². The first-order valence-electron chi connectivity index (χ1n) is 20.8. The highest BCUT2D eigenvalue weighted by Crippen LogP contribution is 2.53. The van der Waals surface area contributed by atoms with E-state index in [1.54, 1.807) is 0 Å². The van der Waals surface area contributed by atoms with Crippen molar-refractivity contribution in [3.63, 3.8) is 0 Å². The lowest BCUT2D eigenvalue weighted by Crippen LogP contribution is -2.16. The molecule has 0 aromatic heterocycles. The number of rotatable bonds is 6. The van der Waals surface area contributed by atoms with Crippen molar-refractivity contribution >= 4 is 27.8 Å². The van der Waals surface area contributed by atoms with Gasteiger partial charge in [-0.25, -0.2) is 0 Å². The van der Waals surface area contributed by atoms with Crippen molar-refractivity contribution in [3.05, 3.63) is 222 Å². The quantitative estimate of drug-likeness (QED) is 0.163. The highest BCUT2D eigenvalue weighted by atomic mass is 15.1. The van der Waals surface area contributed by atoms with Crippen LogP contribution >= 0.6 is 0 Å². The summed E-state index contributed by atoms with van der Waals surface area (Å²) in [5, 5.41) is 2.42. The van der Waals surface area contributed by atoms with Gasteiger partial charge < -0.3 is 4.90 Å². The molecular formula is C58H45N. The fourth-order valence-corrected chi connectivity index (χ4v) is 10.3. The molecule has 11 rings (SSSR count). The Kier molecular flexibility index (Phi) is 7.94. The molecule has 2 aliphatic rings. The van der Waals surface area contributed by atoms with Crippen LogP contribution in [0.25, 0.3) is 66.4 Å². The lowest BCUT2D eigenvalue weighted by molar-refractivity contribution is 0.660. The van der Waals surface area contributed by atoms with Crippen molar-refractivity contribution in [3.8, 4) is 55.6 Å². The Hall–Kier alpha value is -6.96. The summed E-state index contributed by atoms with van der Waals surface area (Å²) in [5.74, 6) is 0. The molecule has 9 aromatic carbocycles. The minimum Gasteiger partial charge on any atom is -0.309 e. The maximum Gasteiger partial charge on any atom is 0.0618 e. The standard InChI is InChI=1S/C58H45N/c1-57(2)52-23-12-10-19-48(52)50-36-30-42(37-54(50)57)38-25-31-43(32-26-38)59(56-46-18-9-8-17-40(46)29-35-47(56)39-15-6-5-7-16-39)44-33-27-41(28-34-44)45-21-14-22-51-49-20-11-13-24-53(49)58(3,4)55(45)51/h5-37H,1-4H3. The van der Waals surface area contributed by atoms with Crippen molar-refractivity contribution in [2.75, 3.05) is 4.90 Å². The Bertz CT molecular complexity index is 3080. The summed E-state index contributed by atoms with van der Waals surface area (Å²) in [4.78, 5) is 2.47. The molecule has 0 radical (unpaired) electrons. The number of hydrogen-bond donors (Lipinski definition) is 0. The highest BCUT2D eigenvalue weighted by Gasteiger charge is 2.38. The predicted molar refractivity (Wildman–Crippen MR) is 250 cm³/mol. The van der Waals surface area contributed by atoms with E-state index in [4.69, 9.17) is 0 Å².